The minimum atomic E-state index is -0.642. The molecular weight excluding hydrogens is 709 g/mol. The number of fused-ring (bicyclic) bond motifs is 1. The van der Waals surface area contributed by atoms with Gasteiger partial charge in [-0.15, -0.1) is 11.8 Å². The van der Waals surface area contributed by atoms with Crippen LogP contribution in [0.1, 0.15) is 42.3 Å². The Morgan fingerprint density at radius 1 is 0.759 bits per heavy atom. The van der Waals surface area contributed by atoms with Crippen LogP contribution in [0.2, 0.25) is 0 Å². The number of methoxy groups -OCH3 is 2. The highest BCUT2D eigenvalue weighted by molar-refractivity contribution is 7.99. The number of imidazole rings is 2. The van der Waals surface area contributed by atoms with Gasteiger partial charge in [-0.05, 0) is 64.3 Å². The first-order valence-corrected chi connectivity index (χ1v) is 18.9. The highest BCUT2D eigenvalue weighted by atomic mass is 32.2. The lowest BCUT2D eigenvalue weighted by atomic mass is 9.98. The second-order valence-corrected chi connectivity index (χ2v) is 15.1. The number of H-pyrrole nitrogens is 2. The van der Waals surface area contributed by atoms with E-state index in [4.69, 9.17) is 4.98 Å². The molecule has 4 amide bonds. The Labute approximate surface area is 315 Å². The van der Waals surface area contributed by atoms with E-state index in [1.165, 1.54) is 14.2 Å². The summed E-state index contributed by atoms with van der Waals surface area (Å²) in [6.07, 6.45) is 5.39. The van der Waals surface area contributed by atoms with E-state index in [1.54, 1.807) is 22.9 Å². The average Bonchev–Trinajstić information content (AvgIpc) is 3.74. The lowest BCUT2D eigenvalue weighted by Crippen LogP contribution is -2.40. The van der Waals surface area contributed by atoms with Crippen molar-refractivity contribution in [3.63, 3.8) is 0 Å². The molecule has 2 saturated heterocycles. The van der Waals surface area contributed by atoms with Crippen molar-refractivity contribution in [3.05, 3.63) is 84.7 Å². The third-order valence-electron chi connectivity index (χ3n) is 10.6. The van der Waals surface area contributed by atoms with E-state index in [9.17, 15) is 19.2 Å². The minimum Gasteiger partial charge on any atom is -0.453 e. The third-order valence-corrected chi connectivity index (χ3v) is 11.8. The summed E-state index contributed by atoms with van der Waals surface area (Å²) in [7, 11) is 2.54. The van der Waals surface area contributed by atoms with Gasteiger partial charge in [-0.2, -0.15) is 0 Å². The second-order valence-electron chi connectivity index (χ2n) is 14.0. The van der Waals surface area contributed by atoms with Crippen LogP contribution >= 0.6 is 11.8 Å². The first-order valence-electron chi connectivity index (χ1n) is 17.8. The van der Waals surface area contributed by atoms with Crippen molar-refractivity contribution in [1.29, 1.82) is 0 Å². The van der Waals surface area contributed by atoms with Crippen molar-refractivity contribution in [2.24, 2.45) is 5.41 Å². The molecule has 0 unspecified atom stereocenters. The predicted molar refractivity (Wildman–Crippen MR) is 203 cm³/mol. The number of hydrogen-bond donors (Lipinski definition) is 4. The number of aromatic amines is 2. The monoisotopic (exact) mass is 748 g/mol. The van der Waals surface area contributed by atoms with E-state index < -0.39 is 12.2 Å². The van der Waals surface area contributed by atoms with Crippen LogP contribution in [-0.4, -0.2) is 99.9 Å². The SMILES string of the molecule is COC(=O)NCC(=O)N1CC2(CC2)C[C@H]1c1ncc(-c2ccc3cc(-c4ccc(-c5cnc([C@@H]6SCCN6C(=O)CNC(=O)OC)[nH]5)cc4)ccc3c2)[nH]1. The van der Waals surface area contributed by atoms with Crippen LogP contribution in [0.3, 0.4) is 0 Å². The highest BCUT2D eigenvalue weighted by Crippen LogP contribution is 2.58. The molecule has 4 N–H and O–H groups in total. The van der Waals surface area contributed by atoms with Gasteiger partial charge in [0.15, 0.2) is 0 Å². The molecule has 15 heteroatoms. The topological polar surface area (TPSA) is 175 Å². The van der Waals surface area contributed by atoms with Gasteiger partial charge in [0.1, 0.15) is 30.1 Å². The maximum atomic E-state index is 13.1. The molecule has 1 aliphatic carbocycles. The summed E-state index contributed by atoms with van der Waals surface area (Å²) in [4.78, 5) is 68.6. The fraction of sp³-hybridized carbons (Fsp3) is 0.333. The number of ether oxygens (including phenoxy) is 2. The van der Waals surface area contributed by atoms with Crippen LogP contribution in [0.15, 0.2) is 73.1 Å². The number of carbonyl (C=O) groups excluding carboxylic acids is 4. The Kier molecular flexibility index (Phi) is 9.48. The van der Waals surface area contributed by atoms with Gasteiger partial charge in [-0.1, -0.05) is 48.5 Å². The molecule has 1 saturated carbocycles. The van der Waals surface area contributed by atoms with E-state index in [1.807, 2.05) is 11.1 Å². The molecule has 2 atom stereocenters. The average molecular weight is 749 g/mol. The van der Waals surface area contributed by atoms with Crippen LogP contribution in [0.5, 0.6) is 0 Å². The van der Waals surface area contributed by atoms with Gasteiger partial charge in [0.05, 0.1) is 44.0 Å². The number of benzene rings is 3. The number of nitrogens with zero attached hydrogens (tertiary/aromatic N) is 4. The summed E-state index contributed by atoms with van der Waals surface area (Å²) in [5, 5.41) is 6.91. The fourth-order valence-corrected chi connectivity index (χ4v) is 8.60. The Morgan fingerprint density at radius 2 is 1.31 bits per heavy atom. The lowest BCUT2D eigenvalue weighted by molar-refractivity contribution is -0.131. The number of alkyl carbamates (subject to hydrolysis) is 2. The van der Waals surface area contributed by atoms with Gasteiger partial charge in [-0.3, -0.25) is 9.59 Å². The van der Waals surface area contributed by atoms with Crippen molar-refractivity contribution >= 4 is 46.5 Å². The number of nitrogens with one attached hydrogen (secondary N) is 4. The zero-order valence-corrected chi connectivity index (χ0v) is 30.7. The van der Waals surface area contributed by atoms with E-state index >= 15 is 0 Å². The maximum absolute atomic E-state index is 13.1. The molecule has 0 radical (unpaired) electrons. The standard InChI is InChI=1S/C39H40N8O6S/c1-52-37(50)42-20-32(48)46-13-14-54-36(46)35-41-18-29(45-35)24-5-3-23(4-6-24)25-7-8-27-16-28(10-9-26(27)15-25)30-19-40-34(44-30)31-17-39(11-12-39)22-47(31)33(49)21-43-38(51)53-2/h3-10,15-16,18-19,31,36H,11-14,17,20-22H2,1-2H3,(H,40,44)(H,41,45)(H,42,50)(H,43,51)/t31-,36-/m0/s1. The highest BCUT2D eigenvalue weighted by Gasteiger charge is 2.54. The zero-order valence-electron chi connectivity index (χ0n) is 29.9. The summed E-state index contributed by atoms with van der Waals surface area (Å²) in [5.74, 6) is 1.88. The maximum Gasteiger partial charge on any atom is 0.407 e. The van der Waals surface area contributed by atoms with E-state index in [2.05, 4.69) is 95.7 Å². The van der Waals surface area contributed by atoms with Crippen molar-refractivity contribution < 1.29 is 28.7 Å². The van der Waals surface area contributed by atoms with Gasteiger partial charge in [-0.25, -0.2) is 19.6 Å². The van der Waals surface area contributed by atoms with E-state index in [0.29, 0.717) is 18.9 Å². The van der Waals surface area contributed by atoms with Crippen LogP contribution in [0, 0.1) is 5.41 Å². The molecule has 0 bridgehead atoms. The van der Waals surface area contributed by atoms with Gasteiger partial charge >= 0.3 is 12.2 Å². The Balaban J connectivity index is 0.937. The van der Waals surface area contributed by atoms with Crippen molar-refractivity contribution in [2.75, 3.05) is 46.2 Å². The molecule has 14 nitrogen and oxygen atoms in total. The molecule has 278 valence electrons. The van der Waals surface area contributed by atoms with Crippen LogP contribution in [0.25, 0.3) is 44.4 Å². The molecular formula is C39H40N8O6S. The quantitative estimate of drug-likeness (QED) is 0.149. The summed E-state index contributed by atoms with van der Waals surface area (Å²) in [6, 6.07) is 20.9. The number of aromatic nitrogens is 4. The van der Waals surface area contributed by atoms with Crippen LogP contribution in [-0.2, 0) is 19.1 Å². The number of likely N-dealkylation sites (tertiary alicyclic amines) is 1. The molecule has 2 aromatic heterocycles. The minimum absolute atomic E-state index is 0.113. The largest absolute Gasteiger partial charge is 0.453 e. The molecule has 1 spiro atoms. The number of thioether (sulfide) groups is 1. The normalized spacial score (nSPS) is 18.6. The molecule has 4 heterocycles. The van der Waals surface area contributed by atoms with Crippen molar-refractivity contribution in [1.82, 2.24) is 40.4 Å². The van der Waals surface area contributed by atoms with Gasteiger partial charge < -0.3 is 39.9 Å². The number of amides is 4. The molecule has 3 aliphatic rings. The van der Waals surface area contributed by atoms with Gasteiger partial charge in [0.25, 0.3) is 0 Å². The third kappa shape index (κ3) is 7.10. The first kappa shape index (κ1) is 35.2. The molecule has 2 aliphatic heterocycles. The lowest BCUT2D eigenvalue weighted by Gasteiger charge is -2.23. The summed E-state index contributed by atoms with van der Waals surface area (Å²) in [6.45, 7) is 0.994. The van der Waals surface area contributed by atoms with Gasteiger partial charge in [0.2, 0.25) is 11.8 Å². The summed E-state index contributed by atoms with van der Waals surface area (Å²) in [5.41, 5.74) is 6.03. The Morgan fingerprint density at radius 3 is 1.98 bits per heavy atom. The first-order chi connectivity index (χ1) is 26.2. The predicted octanol–water partition coefficient (Wildman–Crippen LogP) is 5.63. The van der Waals surface area contributed by atoms with Crippen molar-refractivity contribution in [3.8, 4) is 33.6 Å². The van der Waals surface area contributed by atoms with Crippen molar-refractivity contribution in [2.45, 2.75) is 30.7 Å². The second kappa shape index (κ2) is 14.5. The summed E-state index contributed by atoms with van der Waals surface area (Å²) >= 11 is 1.63. The Bertz CT molecular complexity index is 2230. The number of hydrogen-bond acceptors (Lipinski definition) is 9. The zero-order chi connectivity index (χ0) is 37.4. The number of carbonyl (C=O) groups is 4. The molecule has 3 fully saturated rings. The van der Waals surface area contributed by atoms with Crippen LogP contribution < -0.4 is 10.6 Å². The molecule has 3 aromatic carbocycles. The van der Waals surface area contributed by atoms with Gasteiger partial charge in [0, 0.05) is 24.4 Å². The van der Waals surface area contributed by atoms with Crippen LogP contribution in [0.4, 0.5) is 9.59 Å². The molecule has 54 heavy (non-hydrogen) atoms. The number of rotatable bonds is 9. The van der Waals surface area contributed by atoms with E-state index in [-0.39, 0.29) is 41.7 Å². The molecule has 5 aromatic rings. The summed E-state index contributed by atoms with van der Waals surface area (Å²) < 4.78 is 9.21. The smallest absolute Gasteiger partial charge is 0.407 e. The molecule has 8 rings (SSSR count). The Hall–Kier alpha value is -5.83. The fourth-order valence-electron chi connectivity index (χ4n) is 7.39. The van der Waals surface area contributed by atoms with E-state index in [0.717, 1.165) is 75.3 Å².